The lowest BCUT2D eigenvalue weighted by Gasteiger charge is -2.38. The van der Waals surface area contributed by atoms with Gasteiger partial charge in [-0.1, -0.05) is 31.5 Å². The summed E-state index contributed by atoms with van der Waals surface area (Å²) < 4.78 is 5.44. The van der Waals surface area contributed by atoms with Crippen LogP contribution in [-0.2, 0) is 14.3 Å². The maximum absolute atomic E-state index is 14.1. The molecule has 8 heteroatoms. The predicted molar refractivity (Wildman–Crippen MR) is 149 cm³/mol. The number of nitrogens with zero attached hydrogens (tertiary/aromatic N) is 1. The lowest BCUT2D eigenvalue weighted by molar-refractivity contribution is -0.144. The van der Waals surface area contributed by atoms with Crippen LogP contribution in [0.4, 0.5) is 4.79 Å². The first-order valence-corrected chi connectivity index (χ1v) is 14.3. The number of hydrogen-bond acceptors (Lipinski definition) is 5. The summed E-state index contributed by atoms with van der Waals surface area (Å²) in [5.74, 6) is 0.160. The van der Waals surface area contributed by atoms with Crippen LogP contribution in [0.3, 0.4) is 0 Å². The standard InChI is InChI=1S/C28H47N3O4S/c1-11-13-20(5)29-25(32)24(22-15-12-14-19(4)21(22)6)31(18(2)3)26(33)23(16-17-36-10)30-27(34)35-28(7,8)9/h12,14-15,18,20,23-24H,11,13,16-17H2,1-10H3,(H,29,32)(H,30,34). The summed E-state index contributed by atoms with van der Waals surface area (Å²) >= 11 is 1.59. The van der Waals surface area contributed by atoms with Crippen LogP contribution < -0.4 is 10.6 Å². The van der Waals surface area contributed by atoms with Crippen molar-refractivity contribution in [1.82, 2.24) is 15.5 Å². The number of hydrogen-bond donors (Lipinski definition) is 2. The van der Waals surface area contributed by atoms with Gasteiger partial charge in [-0.05, 0) is 96.9 Å². The van der Waals surface area contributed by atoms with E-state index in [1.807, 2.05) is 59.1 Å². The van der Waals surface area contributed by atoms with Gasteiger partial charge in [0.05, 0.1) is 0 Å². The minimum Gasteiger partial charge on any atom is -0.444 e. The number of benzene rings is 1. The highest BCUT2D eigenvalue weighted by atomic mass is 32.2. The molecule has 3 atom stereocenters. The Morgan fingerprint density at radius 2 is 1.69 bits per heavy atom. The number of nitrogens with one attached hydrogen (secondary N) is 2. The molecule has 3 unspecified atom stereocenters. The van der Waals surface area contributed by atoms with E-state index in [2.05, 4.69) is 17.6 Å². The first kappa shape index (κ1) is 31.8. The number of ether oxygens (including phenoxy) is 1. The summed E-state index contributed by atoms with van der Waals surface area (Å²) in [4.78, 5) is 42.1. The van der Waals surface area contributed by atoms with Crippen molar-refractivity contribution in [2.75, 3.05) is 12.0 Å². The summed E-state index contributed by atoms with van der Waals surface area (Å²) in [6.07, 6.45) is 3.53. The van der Waals surface area contributed by atoms with Crippen molar-refractivity contribution in [3.8, 4) is 0 Å². The van der Waals surface area contributed by atoms with Crippen molar-refractivity contribution in [2.45, 2.75) is 111 Å². The van der Waals surface area contributed by atoms with Crippen molar-refractivity contribution in [2.24, 2.45) is 0 Å². The Morgan fingerprint density at radius 3 is 2.22 bits per heavy atom. The van der Waals surface area contributed by atoms with Crippen molar-refractivity contribution in [1.29, 1.82) is 0 Å². The molecule has 0 bridgehead atoms. The van der Waals surface area contributed by atoms with E-state index in [1.54, 1.807) is 37.4 Å². The van der Waals surface area contributed by atoms with Crippen LogP contribution >= 0.6 is 11.8 Å². The fourth-order valence-corrected chi connectivity index (χ4v) is 4.59. The van der Waals surface area contributed by atoms with Gasteiger partial charge >= 0.3 is 6.09 Å². The number of carbonyl (C=O) groups excluding carboxylic acids is 3. The molecule has 0 fully saturated rings. The number of aryl methyl sites for hydroxylation is 1. The molecule has 0 saturated heterocycles. The number of thioether (sulfide) groups is 1. The maximum Gasteiger partial charge on any atom is 0.408 e. The van der Waals surface area contributed by atoms with E-state index in [4.69, 9.17) is 4.74 Å². The van der Waals surface area contributed by atoms with Crippen molar-refractivity contribution in [3.05, 3.63) is 34.9 Å². The first-order valence-electron chi connectivity index (χ1n) is 12.9. The fraction of sp³-hybridized carbons (Fsp3) is 0.679. The Bertz CT molecular complexity index is 882. The summed E-state index contributed by atoms with van der Waals surface area (Å²) in [6, 6.07) is 3.88. The highest BCUT2D eigenvalue weighted by molar-refractivity contribution is 7.98. The molecule has 36 heavy (non-hydrogen) atoms. The van der Waals surface area contributed by atoms with Gasteiger partial charge in [0.15, 0.2) is 0 Å². The highest BCUT2D eigenvalue weighted by Gasteiger charge is 2.38. The molecule has 0 aliphatic heterocycles. The Morgan fingerprint density at radius 1 is 1.06 bits per heavy atom. The van der Waals surface area contributed by atoms with Crippen LogP contribution in [-0.4, -0.2) is 58.5 Å². The van der Waals surface area contributed by atoms with E-state index in [9.17, 15) is 14.4 Å². The van der Waals surface area contributed by atoms with E-state index in [0.717, 1.165) is 29.5 Å². The molecule has 1 aromatic carbocycles. The molecule has 1 rings (SSSR count). The smallest absolute Gasteiger partial charge is 0.408 e. The molecule has 0 saturated carbocycles. The lowest BCUT2D eigenvalue weighted by Crippen LogP contribution is -2.55. The highest BCUT2D eigenvalue weighted by Crippen LogP contribution is 2.29. The van der Waals surface area contributed by atoms with Crippen LogP contribution in [0, 0.1) is 13.8 Å². The van der Waals surface area contributed by atoms with Crippen LogP contribution in [0.2, 0.25) is 0 Å². The van der Waals surface area contributed by atoms with E-state index in [-0.39, 0.29) is 23.9 Å². The fourth-order valence-electron chi connectivity index (χ4n) is 4.12. The SMILES string of the molecule is CCCC(C)NC(=O)C(c1cccc(C)c1C)N(C(=O)C(CCSC)NC(=O)OC(C)(C)C)C(C)C. The van der Waals surface area contributed by atoms with Gasteiger partial charge in [0.2, 0.25) is 11.8 Å². The number of carbonyl (C=O) groups is 3. The van der Waals surface area contributed by atoms with Crippen LogP contribution in [0.1, 0.15) is 90.5 Å². The van der Waals surface area contributed by atoms with E-state index < -0.39 is 23.8 Å². The van der Waals surface area contributed by atoms with Gasteiger partial charge in [0, 0.05) is 12.1 Å². The minimum absolute atomic E-state index is 0.0218. The Balaban J connectivity index is 3.52. The Kier molecular flexibility index (Phi) is 12.8. The second-order valence-electron chi connectivity index (χ2n) is 10.7. The molecule has 0 radical (unpaired) electrons. The zero-order valence-corrected chi connectivity index (χ0v) is 24.7. The minimum atomic E-state index is -0.825. The van der Waals surface area contributed by atoms with Gasteiger partial charge in [0.25, 0.3) is 0 Å². The molecular weight excluding hydrogens is 474 g/mol. The third-order valence-electron chi connectivity index (χ3n) is 5.99. The van der Waals surface area contributed by atoms with Gasteiger partial charge in [-0.25, -0.2) is 4.79 Å². The van der Waals surface area contributed by atoms with E-state index in [1.165, 1.54) is 0 Å². The summed E-state index contributed by atoms with van der Waals surface area (Å²) in [5.41, 5.74) is 2.12. The first-order chi connectivity index (χ1) is 16.7. The lowest BCUT2D eigenvalue weighted by atomic mass is 9.93. The van der Waals surface area contributed by atoms with Crippen molar-refractivity contribution in [3.63, 3.8) is 0 Å². The third kappa shape index (κ3) is 9.68. The van der Waals surface area contributed by atoms with Gasteiger partial charge in [-0.3, -0.25) is 9.59 Å². The largest absolute Gasteiger partial charge is 0.444 e. The maximum atomic E-state index is 14.1. The van der Waals surface area contributed by atoms with Gasteiger partial charge < -0.3 is 20.3 Å². The average molecular weight is 522 g/mol. The summed E-state index contributed by atoms with van der Waals surface area (Å²) in [7, 11) is 0. The summed E-state index contributed by atoms with van der Waals surface area (Å²) in [5, 5.41) is 5.90. The van der Waals surface area contributed by atoms with Crippen molar-refractivity contribution < 1.29 is 19.1 Å². The molecule has 0 aliphatic carbocycles. The number of amides is 3. The second kappa shape index (κ2) is 14.5. The monoisotopic (exact) mass is 521 g/mol. The topological polar surface area (TPSA) is 87.7 Å². The zero-order valence-electron chi connectivity index (χ0n) is 23.9. The quantitative estimate of drug-likeness (QED) is 0.377. The molecular formula is C28H47N3O4S. The molecule has 1 aromatic rings. The van der Waals surface area contributed by atoms with Gasteiger partial charge in [0.1, 0.15) is 17.7 Å². The normalized spacial score (nSPS) is 14.1. The van der Waals surface area contributed by atoms with E-state index in [0.29, 0.717) is 12.2 Å². The summed E-state index contributed by atoms with van der Waals surface area (Å²) in [6.45, 7) is 17.2. The molecule has 0 aliphatic rings. The van der Waals surface area contributed by atoms with Crippen LogP contribution in [0.5, 0.6) is 0 Å². The molecule has 204 valence electrons. The molecule has 2 N–H and O–H groups in total. The predicted octanol–water partition coefficient (Wildman–Crippen LogP) is 5.53. The molecule has 0 aromatic heterocycles. The number of alkyl carbamates (subject to hydrolysis) is 1. The number of rotatable bonds is 12. The average Bonchev–Trinajstić information content (AvgIpc) is 2.75. The Labute approximate surface area is 222 Å². The second-order valence-corrected chi connectivity index (χ2v) is 11.7. The van der Waals surface area contributed by atoms with E-state index >= 15 is 0 Å². The van der Waals surface area contributed by atoms with Gasteiger partial charge in [-0.15, -0.1) is 0 Å². The van der Waals surface area contributed by atoms with Crippen molar-refractivity contribution >= 4 is 29.7 Å². The van der Waals surface area contributed by atoms with Crippen LogP contribution in [0.15, 0.2) is 18.2 Å². The zero-order chi connectivity index (χ0) is 27.6. The molecule has 3 amide bonds. The molecule has 0 heterocycles. The molecule has 0 spiro atoms. The van der Waals surface area contributed by atoms with Crippen LogP contribution in [0.25, 0.3) is 0 Å². The third-order valence-corrected chi connectivity index (χ3v) is 6.63. The Hall–Kier alpha value is -2.22. The van der Waals surface area contributed by atoms with Gasteiger partial charge in [-0.2, -0.15) is 11.8 Å². The molecule has 7 nitrogen and oxygen atoms in total.